The van der Waals surface area contributed by atoms with Crippen molar-refractivity contribution in [1.29, 1.82) is 0 Å². The van der Waals surface area contributed by atoms with Gasteiger partial charge in [0.1, 0.15) is 0 Å². The van der Waals surface area contributed by atoms with Gasteiger partial charge in [-0.05, 0) is 44.2 Å². The minimum atomic E-state index is -3.63. The fourth-order valence-corrected chi connectivity index (χ4v) is 3.18. The van der Waals surface area contributed by atoms with Crippen molar-refractivity contribution in [1.82, 2.24) is 14.5 Å². The van der Waals surface area contributed by atoms with Crippen molar-refractivity contribution in [3.05, 3.63) is 47.3 Å². The molecule has 0 aliphatic carbocycles. The zero-order chi connectivity index (χ0) is 17.0. The Morgan fingerprint density at radius 3 is 2.43 bits per heavy atom. The number of hydrogen-bond acceptors (Lipinski definition) is 5. The third-order valence-electron chi connectivity index (χ3n) is 3.30. The van der Waals surface area contributed by atoms with Crippen LogP contribution >= 0.6 is 0 Å². The van der Waals surface area contributed by atoms with E-state index in [4.69, 9.17) is 0 Å². The van der Waals surface area contributed by atoms with Gasteiger partial charge in [-0.15, -0.1) is 0 Å². The van der Waals surface area contributed by atoms with Crippen LogP contribution in [-0.2, 0) is 21.3 Å². The first-order valence-electron chi connectivity index (χ1n) is 7.02. The van der Waals surface area contributed by atoms with E-state index < -0.39 is 16.0 Å². The number of aryl methyl sites for hydroxylation is 2. The monoisotopic (exact) mass is 337 g/mol. The minimum Gasteiger partial charge on any atom is -0.465 e. The molecule has 1 heterocycles. The fraction of sp³-hybridized carbons (Fsp3) is 0.333. The normalized spacial score (nSPS) is 11.4. The molecule has 0 fully saturated rings. The zero-order valence-corrected chi connectivity index (χ0v) is 14.1. The van der Waals surface area contributed by atoms with Crippen LogP contribution < -0.4 is 4.72 Å². The number of methoxy groups -OCH3 is 1. The Bertz CT molecular complexity index is 795. The van der Waals surface area contributed by atoms with Crippen molar-refractivity contribution >= 4 is 16.0 Å². The molecule has 0 bridgehead atoms. The minimum absolute atomic E-state index is 0.0959. The first-order valence-corrected chi connectivity index (χ1v) is 8.51. The van der Waals surface area contributed by atoms with Gasteiger partial charge in [0.25, 0.3) is 0 Å². The lowest BCUT2D eigenvalue weighted by Crippen LogP contribution is -2.28. The third-order valence-corrected chi connectivity index (χ3v) is 4.78. The Hall–Kier alpha value is -2.19. The number of sulfonamides is 1. The van der Waals surface area contributed by atoms with Crippen LogP contribution in [0.1, 0.15) is 21.7 Å². The Kier molecular flexibility index (Phi) is 5.17. The molecule has 0 aliphatic heterocycles. The second-order valence-electron chi connectivity index (χ2n) is 5.06. The molecule has 23 heavy (non-hydrogen) atoms. The molecular weight excluding hydrogens is 318 g/mol. The number of carbonyl (C=O) groups excluding carboxylic acids is 1. The second kappa shape index (κ2) is 6.93. The highest BCUT2D eigenvalue weighted by molar-refractivity contribution is 7.89. The Morgan fingerprint density at radius 1 is 1.26 bits per heavy atom. The average Bonchev–Trinajstić information content (AvgIpc) is 2.84. The van der Waals surface area contributed by atoms with E-state index in [0.717, 1.165) is 11.4 Å². The molecule has 0 saturated heterocycles. The van der Waals surface area contributed by atoms with E-state index in [0.29, 0.717) is 12.1 Å². The van der Waals surface area contributed by atoms with Gasteiger partial charge in [-0.25, -0.2) is 17.9 Å². The number of ether oxygens (including phenoxy) is 1. The maximum absolute atomic E-state index is 12.2. The van der Waals surface area contributed by atoms with Crippen LogP contribution in [0.2, 0.25) is 0 Å². The summed E-state index contributed by atoms with van der Waals surface area (Å²) in [4.78, 5) is 11.4. The summed E-state index contributed by atoms with van der Waals surface area (Å²) in [5, 5.41) is 4.27. The van der Waals surface area contributed by atoms with E-state index in [-0.39, 0.29) is 11.4 Å². The van der Waals surface area contributed by atoms with Gasteiger partial charge in [0, 0.05) is 12.2 Å². The lowest BCUT2D eigenvalue weighted by molar-refractivity contribution is 0.0600. The lowest BCUT2D eigenvalue weighted by Gasteiger charge is -2.08. The van der Waals surface area contributed by atoms with Gasteiger partial charge in [-0.3, -0.25) is 4.68 Å². The number of hydrogen-bond donors (Lipinski definition) is 1. The molecule has 0 amide bonds. The molecule has 1 aromatic carbocycles. The van der Waals surface area contributed by atoms with Gasteiger partial charge >= 0.3 is 5.97 Å². The van der Waals surface area contributed by atoms with Gasteiger partial charge < -0.3 is 4.74 Å². The molecule has 1 N–H and O–H groups in total. The highest BCUT2D eigenvalue weighted by Gasteiger charge is 2.15. The van der Waals surface area contributed by atoms with Crippen molar-refractivity contribution in [3.63, 3.8) is 0 Å². The maximum Gasteiger partial charge on any atom is 0.337 e. The lowest BCUT2D eigenvalue weighted by atomic mass is 10.2. The first kappa shape index (κ1) is 17.2. The van der Waals surface area contributed by atoms with Gasteiger partial charge in [0.2, 0.25) is 10.0 Å². The molecule has 2 rings (SSSR count). The number of carbonyl (C=O) groups is 1. The summed E-state index contributed by atoms with van der Waals surface area (Å²) in [7, 11) is -2.36. The standard InChI is InChI=1S/C15H19N3O4S/c1-11-10-12(2)18(17-11)9-8-16-23(20,21)14-6-4-13(5-7-14)15(19)22-3/h4-7,10,16H,8-9H2,1-3H3. The molecule has 1 aromatic heterocycles. The summed E-state index contributed by atoms with van der Waals surface area (Å²) in [6.45, 7) is 4.47. The van der Waals surface area contributed by atoms with Crippen LogP contribution in [0.25, 0.3) is 0 Å². The summed E-state index contributed by atoms with van der Waals surface area (Å²) in [6, 6.07) is 7.51. The third kappa shape index (κ3) is 4.17. The Balaban J connectivity index is 2.01. The largest absolute Gasteiger partial charge is 0.465 e. The molecule has 0 unspecified atom stereocenters. The summed E-state index contributed by atoms with van der Waals surface area (Å²) in [6.07, 6.45) is 0. The molecule has 124 valence electrons. The number of rotatable bonds is 6. The smallest absolute Gasteiger partial charge is 0.337 e. The second-order valence-corrected chi connectivity index (χ2v) is 6.83. The molecule has 0 spiro atoms. The van der Waals surface area contributed by atoms with E-state index in [1.807, 2.05) is 19.9 Å². The molecule has 7 nitrogen and oxygen atoms in total. The van der Waals surface area contributed by atoms with E-state index >= 15 is 0 Å². The van der Waals surface area contributed by atoms with Crippen LogP contribution in [0.15, 0.2) is 35.2 Å². The number of aromatic nitrogens is 2. The number of esters is 1. The zero-order valence-electron chi connectivity index (χ0n) is 13.2. The van der Waals surface area contributed by atoms with Gasteiger partial charge in [-0.1, -0.05) is 0 Å². The van der Waals surface area contributed by atoms with Crippen molar-refractivity contribution in [2.75, 3.05) is 13.7 Å². The van der Waals surface area contributed by atoms with Gasteiger partial charge in [-0.2, -0.15) is 5.10 Å². The maximum atomic E-state index is 12.2. The van der Waals surface area contributed by atoms with Crippen LogP contribution in [0, 0.1) is 13.8 Å². The predicted molar refractivity (Wildman–Crippen MR) is 84.7 cm³/mol. The number of nitrogens with zero attached hydrogens (tertiary/aromatic N) is 2. The summed E-state index contributed by atoms with van der Waals surface area (Å²) < 4.78 is 33.3. The van der Waals surface area contributed by atoms with E-state index in [2.05, 4.69) is 14.6 Å². The van der Waals surface area contributed by atoms with Crippen LogP contribution in [0.5, 0.6) is 0 Å². The molecule has 0 atom stereocenters. The SMILES string of the molecule is COC(=O)c1ccc(S(=O)(=O)NCCn2nc(C)cc2C)cc1. The van der Waals surface area contributed by atoms with Crippen molar-refractivity contribution < 1.29 is 17.9 Å². The van der Waals surface area contributed by atoms with E-state index in [9.17, 15) is 13.2 Å². The number of nitrogens with one attached hydrogen (secondary N) is 1. The Labute approximate surface area is 135 Å². The molecule has 0 aliphatic rings. The van der Waals surface area contributed by atoms with Crippen molar-refractivity contribution in [2.24, 2.45) is 0 Å². The highest BCUT2D eigenvalue weighted by Crippen LogP contribution is 2.11. The summed E-state index contributed by atoms with van der Waals surface area (Å²) in [5.41, 5.74) is 2.17. The molecule has 2 aromatic rings. The molecule has 8 heteroatoms. The number of benzene rings is 1. The van der Waals surface area contributed by atoms with Crippen LogP contribution in [0.3, 0.4) is 0 Å². The van der Waals surface area contributed by atoms with Gasteiger partial charge in [0.15, 0.2) is 0 Å². The van der Waals surface area contributed by atoms with E-state index in [1.165, 1.54) is 31.4 Å². The molecule has 0 saturated carbocycles. The van der Waals surface area contributed by atoms with E-state index in [1.54, 1.807) is 4.68 Å². The highest BCUT2D eigenvalue weighted by atomic mass is 32.2. The average molecular weight is 337 g/mol. The predicted octanol–water partition coefficient (Wildman–Crippen LogP) is 1.27. The Morgan fingerprint density at radius 2 is 1.91 bits per heavy atom. The molecular formula is C15H19N3O4S. The van der Waals surface area contributed by atoms with Crippen LogP contribution in [0.4, 0.5) is 0 Å². The van der Waals surface area contributed by atoms with Crippen molar-refractivity contribution in [3.8, 4) is 0 Å². The summed E-state index contributed by atoms with van der Waals surface area (Å²) >= 11 is 0. The van der Waals surface area contributed by atoms with Crippen LogP contribution in [-0.4, -0.2) is 37.8 Å². The topological polar surface area (TPSA) is 90.3 Å². The quantitative estimate of drug-likeness (QED) is 0.802. The molecule has 0 radical (unpaired) electrons. The fourth-order valence-electron chi connectivity index (χ4n) is 2.16. The summed E-state index contributed by atoms with van der Waals surface area (Å²) in [5.74, 6) is -0.508. The first-order chi connectivity index (χ1) is 10.8. The van der Waals surface area contributed by atoms with Gasteiger partial charge in [0.05, 0.1) is 29.8 Å². The van der Waals surface area contributed by atoms with Crippen molar-refractivity contribution in [2.45, 2.75) is 25.3 Å².